The first-order valence-electron chi connectivity index (χ1n) is 10.1. The van der Waals surface area contributed by atoms with Crippen molar-refractivity contribution in [3.63, 3.8) is 0 Å². The Labute approximate surface area is 183 Å². The van der Waals surface area contributed by atoms with E-state index in [4.69, 9.17) is 0 Å². The van der Waals surface area contributed by atoms with E-state index in [-0.39, 0.29) is 11.7 Å². The van der Waals surface area contributed by atoms with E-state index in [1.165, 1.54) is 27.4 Å². The summed E-state index contributed by atoms with van der Waals surface area (Å²) in [6, 6.07) is 16.4. The van der Waals surface area contributed by atoms with E-state index in [0.717, 1.165) is 25.2 Å². The number of carbonyl (C=O) groups is 1. The number of anilines is 2. The highest BCUT2D eigenvalue weighted by atomic mass is 32.1. The summed E-state index contributed by atoms with van der Waals surface area (Å²) in [5.41, 5.74) is 4.56. The van der Waals surface area contributed by atoms with Crippen LogP contribution in [0.5, 0.6) is 0 Å². The number of aromatic nitrogens is 2. The van der Waals surface area contributed by atoms with Gasteiger partial charge in [0.1, 0.15) is 11.5 Å². The van der Waals surface area contributed by atoms with Crippen molar-refractivity contribution in [1.82, 2.24) is 9.78 Å². The molecule has 0 spiro atoms. The van der Waals surface area contributed by atoms with E-state index >= 15 is 0 Å². The van der Waals surface area contributed by atoms with Gasteiger partial charge in [-0.3, -0.25) is 4.79 Å². The third-order valence-corrected chi connectivity index (χ3v) is 6.66. The molecule has 0 saturated heterocycles. The first-order chi connectivity index (χ1) is 15.1. The number of rotatable bonds is 4. The standard InChI is InChI=1S/C24H21FN4OS/c1-16-20(14-26-29(16)22-5-3-2-4-21(22)25)24(30)27-18-6-8-19(9-7-18)28-12-10-23-17(15-28)11-13-31-23/h2-9,11,13-14H,10,12,15H2,1H3,(H,27,30). The van der Waals surface area contributed by atoms with Gasteiger partial charge in [0.2, 0.25) is 0 Å². The van der Waals surface area contributed by atoms with E-state index in [1.54, 1.807) is 25.1 Å². The molecule has 7 heteroatoms. The Hall–Kier alpha value is -3.45. The quantitative estimate of drug-likeness (QED) is 0.482. The predicted octanol–water partition coefficient (Wildman–Crippen LogP) is 5.20. The van der Waals surface area contributed by atoms with Gasteiger partial charge in [0.25, 0.3) is 5.91 Å². The second-order valence-electron chi connectivity index (χ2n) is 7.55. The number of hydrogen-bond acceptors (Lipinski definition) is 4. The number of halogens is 1. The van der Waals surface area contributed by atoms with Crippen molar-refractivity contribution >= 4 is 28.6 Å². The number of benzene rings is 2. The number of fused-ring (bicyclic) bond motifs is 1. The average Bonchev–Trinajstić information content (AvgIpc) is 3.40. The van der Waals surface area contributed by atoms with Crippen LogP contribution in [0.1, 0.15) is 26.5 Å². The van der Waals surface area contributed by atoms with Crippen molar-refractivity contribution in [2.24, 2.45) is 0 Å². The lowest BCUT2D eigenvalue weighted by Gasteiger charge is -2.29. The molecule has 2 aromatic heterocycles. The summed E-state index contributed by atoms with van der Waals surface area (Å²) in [7, 11) is 0. The molecule has 0 unspecified atom stereocenters. The van der Waals surface area contributed by atoms with Crippen LogP contribution < -0.4 is 10.2 Å². The van der Waals surface area contributed by atoms with Crippen molar-refractivity contribution < 1.29 is 9.18 Å². The minimum absolute atomic E-state index is 0.270. The van der Waals surface area contributed by atoms with E-state index in [2.05, 4.69) is 26.8 Å². The Morgan fingerprint density at radius 2 is 1.94 bits per heavy atom. The topological polar surface area (TPSA) is 50.2 Å². The zero-order chi connectivity index (χ0) is 21.4. The SMILES string of the molecule is Cc1c(C(=O)Nc2ccc(N3CCc4sccc4C3)cc2)cnn1-c1ccccc1F. The lowest BCUT2D eigenvalue weighted by molar-refractivity contribution is 0.102. The number of carbonyl (C=O) groups excluding carboxylic acids is 1. The molecular formula is C24H21FN4OS. The highest BCUT2D eigenvalue weighted by molar-refractivity contribution is 7.10. The molecule has 5 rings (SSSR count). The van der Waals surface area contributed by atoms with Gasteiger partial charge in [-0.15, -0.1) is 11.3 Å². The number of nitrogens with one attached hydrogen (secondary N) is 1. The molecule has 2 aromatic carbocycles. The predicted molar refractivity (Wildman–Crippen MR) is 122 cm³/mol. The molecule has 0 radical (unpaired) electrons. The number of amides is 1. The van der Waals surface area contributed by atoms with Crippen LogP contribution in [0.3, 0.4) is 0 Å². The molecule has 1 aliphatic heterocycles. The molecule has 1 amide bonds. The Morgan fingerprint density at radius 3 is 2.74 bits per heavy atom. The largest absolute Gasteiger partial charge is 0.367 e. The minimum Gasteiger partial charge on any atom is -0.367 e. The molecule has 5 nitrogen and oxygen atoms in total. The van der Waals surface area contributed by atoms with Crippen molar-refractivity contribution in [3.05, 3.63) is 93.7 Å². The van der Waals surface area contributed by atoms with Crippen LogP contribution in [-0.4, -0.2) is 22.2 Å². The maximum atomic E-state index is 14.1. The fraction of sp³-hybridized carbons (Fsp3) is 0.167. The summed E-state index contributed by atoms with van der Waals surface area (Å²) in [5.74, 6) is -0.655. The van der Waals surface area contributed by atoms with E-state index < -0.39 is 0 Å². The second kappa shape index (κ2) is 8.00. The summed E-state index contributed by atoms with van der Waals surface area (Å²) in [4.78, 5) is 16.6. The maximum Gasteiger partial charge on any atom is 0.259 e. The third-order valence-electron chi connectivity index (χ3n) is 5.63. The van der Waals surface area contributed by atoms with Gasteiger partial charge in [-0.1, -0.05) is 12.1 Å². The number of hydrogen-bond donors (Lipinski definition) is 1. The van der Waals surface area contributed by atoms with Gasteiger partial charge in [0.05, 0.1) is 17.5 Å². The summed E-state index contributed by atoms with van der Waals surface area (Å²) >= 11 is 1.83. The minimum atomic E-state index is -0.386. The lowest BCUT2D eigenvalue weighted by Crippen LogP contribution is -2.29. The van der Waals surface area contributed by atoms with Gasteiger partial charge < -0.3 is 10.2 Å². The Kier molecular flexibility index (Phi) is 5.03. The summed E-state index contributed by atoms with van der Waals surface area (Å²) < 4.78 is 15.5. The first kappa shape index (κ1) is 19.5. The zero-order valence-corrected chi connectivity index (χ0v) is 17.8. The van der Waals surface area contributed by atoms with Crippen molar-refractivity contribution in [2.45, 2.75) is 19.9 Å². The van der Waals surface area contributed by atoms with E-state index in [9.17, 15) is 9.18 Å². The first-order valence-corrected chi connectivity index (χ1v) is 11.0. The summed E-state index contributed by atoms with van der Waals surface area (Å²) in [6.07, 6.45) is 2.54. The normalized spacial score (nSPS) is 13.2. The van der Waals surface area contributed by atoms with E-state index in [0.29, 0.717) is 22.6 Å². The molecule has 0 bridgehead atoms. The summed E-state index contributed by atoms with van der Waals surface area (Å²) in [5, 5.41) is 9.28. The monoisotopic (exact) mass is 432 g/mol. The van der Waals surface area contributed by atoms with Gasteiger partial charge in [0.15, 0.2) is 0 Å². The van der Waals surface area contributed by atoms with Gasteiger partial charge in [-0.2, -0.15) is 5.10 Å². The fourth-order valence-corrected chi connectivity index (χ4v) is 4.81. The molecule has 0 atom stereocenters. The van der Waals surface area contributed by atoms with E-state index in [1.807, 2.05) is 35.6 Å². The van der Waals surface area contributed by atoms with Crippen molar-refractivity contribution in [3.8, 4) is 5.69 Å². The van der Waals surface area contributed by atoms with Gasteiger partial charge in [0, 0.05) is 29.3 Å². The van der Waals surface area contributed by atoms with Crippen molar-refractivity contribution in [1.29, 1.82) is 0 Å². The van der Waals surface area contributed by atoms with Crippen LogP contribution in [0, 0.1) is 12.7 Å². The Bertz CT molecular complexity index is 1240. The van der Waals surface area contributed by atoms with Crippen LogP contribution in [0.25, 0.3) is 5.69 Å². The highest BCUT2D eigenvalue weighted by Gasteiger charge is 2.19. The van der Waals surface area contributed by atoms with Gasteiger partial charge in [-0.05, 0) is 66.8 Å². The average molecular weight is 433 g/mol. The molecule has 156 valence electrons. The smallest absolute Gasteiger partial charge is 0.259 e. The molecule has 1 N–H and O–H groups in total. The molecule has 0 saturated carbocycles. The zero-order valence-electron chi connectivity index (χ0n) is 17.0. The van der Waals surface area contributed by atoms with Crippen LogP contribution in [0.4, 0.5) is 15.8 Å². The molecule has 4 aromatic rings. The third kappa shape index (κ3) is 3.72. The molecule has 0 aliphatic carbocycles. The fourth-order valence-electron chi connectivity index (χ4n) is 3.92. The number of para-hydroxylation sites is 1. The van der Waals surface area contributed by atoms with Crippen LogP contribution in [-0.2, 0) is 13.0 Å². The molecule has 3 heterocycles. The molecule has 1 aliphatic rings. The van der Waals surface area contributed by atoms with Gasteiger partial charge in [-0.25, -0.2) is 9.07 Å². The molecule has 0 fully saturated rings. The Balaban J connectivity index is 1.30. The lowest BCUT2D eigenvalue weighted by atomic mass is 10.1. The Morgan fingerprint density at radius 1 is 1.13 bits per heavy atom. The number of thiophene rings is 1. The van der Waals surface area contributed by atoms with Crippen LogP contribution >= 0.6 is 11.3 Å². The molecular weight excluding hydrogens is 411 g/mol. The maximum absolute atomic E-state index is 14.1. The molecule has 31 heavy (non-hydrogen) atoms. The van der Waals surface area contributed by atoms with Crippen molar-refractivity contribution in [2.75, 3.05) is 16.8 Å². The second-order valence-corrected chi connectivity index (χ2v) is 8.55. The number of nitrogens with zero attached hydrogens (tertiary/aromatic N) is 3. The summed E-state index contributed by atoms with van der Waals surface area (Å²) in [6.45, 7) is 3.67. The highest BCUT2D eigenvalue weighted by Crippen LogP contribution is 2.28. The van der Waals surface area contributed by atoms with Crippen LogP contribution in [0.2, 0.25) is 0 Å². The van der Waals surface area contributed by atoms with Gasteiger partial charge >= 0.3 is 0 Å². The van der Waals surface area contributed by atoms with Crippen LogP contribution in [0.15, 0.2) is 66.2 Å².